The van der Waals surface area contributed by atoms with Gasteiger partial charge in [0.2, 0.25) is 0 Å². The summed E-state index contributed by atoms with van der Waals surface area (Å²) < 4.78 is 0. The van der Waals surface area contributed by atoms with Gasteiger partial charge in [0, 0.05) is 0 Å². The molecule has 0 nitrogen and oxygen atoms in total. The van der Waals surface area contributed by atoms with E-state index in [9.17, 15) is 0 Å². The second kappa shape index (κ2) is 7.50. The fraction of sp³-hybridized carbons (Fsp3) is 0.742. The van der Waals surface area contributed by atoms with Crippen molar-refractivity contribution in [1.29, 1.82) is 0 Å². The SMILES string of the molecule is CC1=CC2C3C=C(C)C(C)=C(C)C3C(C(C)(C)C3C(C)C(C)C(C)C3C)C2C(C)=C1C. The van der Waals surface area contributed by atoms with Crippen LogP contribution < -0.4 is 0 Å². The largest absolute Gasteiger partial charge is 0.0770 e. The van der Waals surface area contributed by atoms with Gasteiger partial charge in [0.05, 0.1) is 0 Å². The smallest absolute Gasteiger partial charge is 0.00898 e. The minimum absolute atomic E-state index is 0.321. The second-order valence-corrected chi connectivity index (χ2v) is 12.8. The summed E-state index contributed by atoms with van der Waals surface area (Å²) in [6.45, 7) is 29.9. The van der Waals surface area contributed by atoms with Crippen LogP contribution in [-0.2, 0) is 0 Å². The number of allylic oxidation sites excluding steroid dienone is 8. The van der Waals surface area contributed by atoms with Crippen molar-refractivity contribution in [2.75, 3.05) is 0 Å². The fourth-order valence-electron chi connectivity index (χ4n) is 9.27. The van der Waals surface area contributed by atoms with E-state index in [1.54, 1.807) is 22.3 Å². The first-order valence-electron chi connectivity index (χ1n) is 13.0. The highest BCUT2D eigenvalue weighted by atomic mass is 14.6. The first kappa shape index (κ1) is 23.1. The van der Waals surface area contributed by atoms with Gasteiger partial charge in [-0.05, 0) is 117 Å². The number of hydrogen-bond acceptors (Lipinski definition) is 0. The summed E-state index contributed by atoms with van der Waals surface area (Å²) >= 11 is 0. The van der Waals surface area contributed by atoms with Crippen LogP contribution in [0.15, 0.2) is 45.6 Å². The van der Waals surface area contributed by atoms with E-state index in [0.29, 0.717) is 35.0 Å². The lowest BCUT2D eigenvalue weighted by Crippen LogP contribution is -2.43. The molecule has 8 atom stereocenters. The molecule has 0 aromatic rings. The second-order valence-electron chi connectivity index (χ2n) is 12.8. The van der Waals surface area contributed by atoms with Crippen molar-refractivity contribution >= 4 is 0 Å². The van der Waals surface area contributed by atoms with Crippen molar-refractivity contribution in [3.8, 4) is 0 Å². The normalized spacial score (nSPS) is 45.5. The zero-order chi connectivity index (χ0) is 23.2. The zero-order valence-corrected chi connectivity index (χ0v) is 22.4. The predicted octanol–water partition coefficient (Wildman–Crippen LogP) is 8.87. The lowest BCUT2D eigenvalue weighted by Gasteiger charge is -2.49. The number of hydrogen-bond donors (Lipinski definition) is 0. The monoisotopic (exact) mass is 420 g/mol. The molecule has 0 N–H and O–H groups in total. The molecule has 0 saturated heterocycles. The van der Waals surface area contributed by atoms with E-state index in [-0.39, 0.29) is 0 Å². The summed E-state index contributed by atoms with van der Waals surface area (Å²) in [5.74, 6) is 7.46. The number of fused-ring (bicyclic) bond motifs is 3. The van der Waals surface area contributed by atoms with Gasteiger partial charge in [0.15, 0.2) is 0 Å². The molecule has 0 radical (unpaired) electrons. The van der Waals surface area contributed by atoms with E-state index in [2.05, 4.69) is 95.2 Å². The van der Waals surface area contributed by atoms with Gasteiger partial charge in [0.25, 0.3) is 0 Å². The maximum Gasteiger partial charge on any atom is -0.00898 e. The van der Waals surface area contributed by atoms with Gasteiger partial charge >= 0.3 is 0 Å². The van der Waals surface area contributed by atoms with Gasteiger partial charge in [-0.1, -0.05) is 76.0 Å². The van der Waals surface area contributed by atoms with Crippen molar-refractivity contribution < 1.29 is 0 Å². The third-order valence-electron chi connectivity index (χ3n) is 11.6. The number of rotatable bonds is 2. The van der Waals surface area contributed by atoms with E-state index >= 15 is 0 Å². The Hall–Kier alpha value is -1.04. The third-order valence-corrected chi connectivity index (χ3v) is 11.6. The molecule has 4 aliphatic rings. The molecule has 2 fully saturated rings. The molecule has 4 aliphatic carbocycles. The Labute approximate surface area is 193 Å². The summed E-state index contributed by atoms with van der Waals surface area (Å²) in [4.78, 5) is 0. The summed E-state index contributed by atoms with van der Waals surface area (Å²) in [5.41, 5.74) is 9.87. The standard InChI is InChI=1S/C31H48/c1-15-13-25-26-14-16(2)18(4)22(8)28(26)30(27(25)21(7)17(15)3)31(11,12)29-23(9)19(5)20(6)24(29)10/h13-14,19-20,23-30H,1-12H3. The minimum Gasteiger partial charge on any atom is -0.0770 e. The molecule has 0 spiro atoms. The molecule has 0 aromatic carbocycles. The Morgan fingerprint density at radius 3 is 1.26 bits per heavy atom. The molecule has 172 valence electrons. The Bertz CT molecular complexity index is 821. The molecule has 0 amide bonds. The Morgan fingerprint density at radius 1 is 0.548 bits per heavy atom. The summed E-state index contributed by atoms with van der Waals surface area (Å²) in [5, 5.41) is 0. The topological polar surface area (TPSA) is 0 Å². The van der Waals surface area contributed by atoms with E-state index in [4.69, 9.17) is 0 Å². The van der Waals surface area contributed by atoms with Crippen LogP contribution in [0, 0.1) is 64.6 Å². The zero-order valence-electron chi connectivity index (χ0n) is 22.4. The molecular weight excluding hydrogens is 372 g/mol. The average Bonchev–Trinajstić information content (AvgIpc) is 3.13. The Kier molecular flexibility index (Phi) is 5.59. The lowest BCUT2D eigenvalue weighted by molar-refractivity contribution is 0.0212. The lowest BCUT2D eigenvalue weighted by atomic mass is 9.55. The molecule has 8 unspecified atom stereocenters. The minimum atomic E-state index is 0.321. The maximum absolute atomic E-state index is 2.67. The van der Waals surface area contributed by atoms with Gasteiger partial charge in [0.1, 0.15) is 0 Å². The van der Waals surface area contributed by atoms with Gasteiger partial charge in [-0.15, -0.1) is 0 Å². The van der Waals surface area contributed by atoms with Crippen LogP contribution in [0.1, 0.15) is 83.1 Å². The molecule has 0 aromatic heterocycles. The molecule has 2 saturated carbocycles. The van der Waals surface area contributed by atoms with E-state index in [1.165, 1.54) is 11.1 Å². The van der Waals surface area contributed by atoms with Crippen LogP contribution >= 0.6 is 0 Å². The fourth-order valence-corrected chi connectivity index (χ4v) is 9.27. The van der Waals surface area contributed by atoms with Crippen molar-refractivity contribution in [2.24, 2.45) is 64.6 Å². The molecular formula is C31H48. The first-order chi connectivity index (χ1) is 14.3. The van der Waals surface area contributed by atoms with Crippen LogP contribution in [0.25, 0.3) is 0 Å². The highest BCUT2D eigenvalue weighted by molar-refractivity contribution is 5.46. The van der Waals surface area contributed by atoms with Gasteiger partial charge in [-0.3, -0.25) is 0 Å². The molecule has 0 aliphatic heterocycles. The van der Waals surface area contributed by atoms with Crippen molar-refractivity contribution in [2.45, 2.75) is 83.1 Å². The highest BCUT2D eigenvalue weighted by Crippen LogP contribution is 2.67. The molecule has 0 heterocycles. The quantitative estimate of drug-likeness (QED) is 0.418. The van der Waals surface area contributed by atoms with Gasteiger partial charge in [-0.2, -0.15) is 0 Å². The summed E-state index contributed by atoms with van der Waals surface area (Å²) in [7, 11) is 0. The maximum atomic E-state index is 2.67. The van der Waals surface area contributed by atoms with Crippen LogP contribution in [0.2, 0.25) is 0 Å². The Balaban J connectivity index is 1.89. The van der Waals surface area contributed by atoms with Crippen molar-refractivity contribution in [3.05, 3.63) is 45.6 Å². The van der Waals surface area contributed by atoms with E-state index in [0.717, 1.165) is 29.6 Å². The average molecular weight is 421 g/mol. The first-order valence-corrected chi connectivity index (χ1v) is 13.0. The predicted molar refractivity (Wildman–Crippen MR) is 136 cm³/mol. The molecule has 0 bridgehead atoms. The van der Waals surface area contributed by atoms with Crippen LogP contribution in [0.4, 0.5) is 0 Å². The molecule has 4 rings (SSSR count). The van der Waals surface area contributed by atoms with E-state index in [1.807, 2.05) is 0 Å². The van der Waals surface area contributed by atoms with Crippen LogP contribution in [0.3, 0.4) is 0 Å². The Morgan fingerprint density at radius 2 is 0.903 bits per heavy atom. The van der Waals surface area contributed by atoms with Crippen LogP contribution in [0.5, 0.6) is 0 Å². The van der Waals surface area contributed by atoms with E-state index < -0.39 is 0 Å². The molecule has 31 heavy (non-hydrogen) atoms. The van der Waals surface area contributed by atoms with Crippen molar-refractivity contribution in [3.63, 3.8) is 0 Å². The summed E-state index contributed by atoms with van der Waals surface area (Å²) in [6.07, 6.45) is 5.34. The third kappa shape index (κ3) is 3.06. The molecule has 0 heteroatoms. The van der Waals surface area contributed by atoms with Gasteiger partial charge in [-0.25, -0.2) is 0 Å². The van der Waals surface area contributed by atoms with Crippen LogP contribution in [-0.4, -0.2) is 0 Å². The van der Waals surface area contributed by atoms with Crippen molar-refractivity contribution in [1.82, 2.24) is 0 Å². The van der Waals surface area contributed by atoms with Gasteiger partial charge < -0.3 is 0 Å². The summed E-state index contributed by atoms with van der Waals surface area (Å²) in [6, 6.07) is 0. The highest BCUT2D eigenvalue weighted by Gasteiger charge is 2.61.